The molecule has 132 valence electrons. The van der Waals surface area contributed by atoms with Crippen LogP contribution in [0.3, 0.4) is 0 Å². The van der Waals surface area contributed by atoms with E-state index in [1.165, 1.54) is 5.56 Å². The lowest BCUT2D eigenvalue weighted by molar-refractivity contribution is -0.126. The van der Waals surface area contributed by atoms with Crippen molar-refractivity contribution in [1.82, 2.24) is 15.1 Å². The van der Waals surface area contributed by atoms with Gasteiger partial charge in [0.05, 0.1) is 0 Å². The molecular weight excluding hydrogens is 302 g/mol. The largest absolute Gasteiger partial charge is 0.356 e. The molecule has 5 nitrogen and oxygen atoms in total. The number of hydrogen-bond acceptors (Lipinski definition) is 2. The normalized spacial score (nSPS) is 15.2. The van der Waals surface area contributed by atoms with Crippen molar-refractivity contribution >= 4 is 11.9 Å². The van der Waals surface area contributed by atoms with E-state index in [-0.39, 0.29) is 17.9 Å². The molecule has 1 N–H and O–H groups in total. The minimum atomic E-state index is 0.0368. The Morgan fingerprint density at radius 2 is 1.79 bits per heavy atom. The topological polar surface area (TPSA) is 52.7 Å². The van der Waals surface area contributed by atoms with Crippen LogP contribution < -0.4 is 5.32 Å². The van der Waals surface area contributed by atoms with Crippen LogP contribution in [0, 0.1) is 5.92 Å². The van der Waals surface area contributed by atoms with Crippen LogP contribution in [-0.4, -0.2) is 55.5 Å². The van der Waals surface area contributed by atoms with Gasteiger partial charge in [-0.2, -0.15) is 0 Å². The van der Waals surface area contributed by atoms with Crippen LogP contribution >= 0.6 is 0 Å². The summed E-state index contributed by atoms with van der Waals surface area (Å²) < 4.78 is 0. The van der Waals surface area contributed by atoms with E-state index in [0.717, 1.165) is 38.6 Å². The number of nitrogens with zero attached hydrogens (tertiary/aromatic N) is 2. The fourth-order valence-electron chi connectivity index (χ4n) is 3.07. The maximum absolute atomic E-state index is 12.2. The average molecular weight is 331 g/mol. The molecule has 1 saturated heterocycles. The van der Waals surface area contributed by atoms with Crippen LogP contribution in [0.4, 0.5) is 4.79 Å². The first-order valence-corrected chi connectivity index (χ1v) is 8.86. The van der Waals surface area contributed by atoms with E-state index in [0.29, 0.717) is 13.1 Å². The number of benzene rings is 1. The molecule has 0 spiro atoms. The molecule has 1 aromatic carbocycles. The number of amides is 3. The molecule has 0 atom stereocenters. The first kappa shape index (κ1) is 18.3. The highest BCUT2D eigenvalue weighted by Gasteiger charge is 2.27. The summed E-state index contributed by atoms with van der Waals surface area (Å²) in [5.41, 5.74) is 1.35. The fourth-order valence-corrected chi connectivity index (χ4v) is 3.07. The van der Waals surface area contributed by atoms with Gasteiger partial charge in [-0.3, -0.25) is 4.79 Å². The van der Waals surface area contributed by atoms with E-state index in [2.05, 4.69) is 29.6 Å². The van der Waals surface area contributed by atoms with E-state index in [1.54, 1.807) is 19.0 Å². The third-order valence-electron chi connectivity index (χ3n) is 4.55. The minimum Gasteiger partial charge on any atom is -0.356 e. The molecule has 1 aliphatic rings. The predicted octanol–water partition coefficient (Wildman–Crippen LogP) is 2.52. The van der Waals surface area contributed by atoms with Crippen molar-refractivity contribution in [1.29, 1.82) is 0 Å². The van der Waals surface area contributed by atoms with E-state index in [9.17, 15) is 9.59 Å². The second kappa shape index (κ2) is 9.30. The maximum atomic E-state index is 12.2. The maximum Gasteiger partial charge on any atom is 0.319 e. The number of hydrogen-bond donors (Lipinski definition) is 1. The Balaban J connectivity index is 1.59. The van der Waals surface area contributed by atoms with E-state index < -0.39 is 0 Å². The van der Waals surface area contributed by atoms with Gasteiger partial charge in [0.25, 0.3) is 0 Å². The number of urea groups is 1. The number of carbonyl (C=O) groups excluding carboxylic acids is 2. The Kier molecular flexibility index (Phi) is 7.09. The Morgan fingerprint density at radius 1 is 1.12 bits per heavy atom. The Morgan fingerprint density at radius 3 is 2.42 bits per heavy atom. The molecule has 1 fully saturated rings. The molecule has 2 rings (SSSR count). The van der Waals surface area contributed by atoms with E-state index >= 15 is 0 Å². The van der Waals surface area contributed by atoms with Gasteiger partial charge in [0.1, 0.15) is 0 Å². The van der Waals surface area contributed by atoms with Gasteiger partial charge in [-0.25, -0.2) is 4.79 Å². The summed E-state index contributed by atoms with van der Waals surface area (Å²) in [5.74, 6) is 0.192. The summed E-state index contributed by atoms with van der Waals surface area (Å²) in [7, 11) is 3.52. The monoisotopic (exact) mass is 331 g/mol. The Bertz CT molecular complexity index is 523. The second-order valence-corrected chi connectivity index (χ2v) is 6.67. The number of nitrogens with one attached hydrogen (secondary N) is 1. The highest BCUT2D eigenvalue weighted by molar-refractivity contribution is 5.79. The predicted molar refractivity (Wildman–Crippen MR) is 95.8 cm³/mol. The third-order valence-corrected chi connectivity index (χ3v) is 4.55. The summed E-state index contributed by atoms with van der Waals surface area (Å²) >= 11 is 0. The van der Waals surface area contributed by atoms with Crippen molar-refractivity contribution in [3.05, 3.63) is 35.9 Å². The van der Waals surface area contributed by atoms with Gasteiger partial charge < -0.3 is 15.1 Å². The lowest BCUT2D eigenvalue weighted by Crippen LogP contribution is -2.46. The highest BCUT2D eigenvalue weighted by Crippen LogP contribution is 2.18. The zero-order valence-corrected chi connectivity index (χ0v) is 14.8. The SMILES string of the molecule is CN(C)C(=O)N1CCC(C(=O)NCCCCc2ccccc2)CC1. The summed E-state index contributed by atoms with van der Waals surface area (Å²) in [6, 6.07) is 10.5. The van der Waals surface area contributed by atoms with Crippen LogP contribution in [0.5, 0.6) is 0 Å². The molecule has 0 aliphatic carbocycles. The van der Waals surface area contributed by atoms with Gasteiger partial charge in [0, 0.05) is 39.6 Å². The third kappa shape index (κ3) is 5.55. The number of carbonyl (C=O) groups is 2. The second-order valence-electron chi connectivity index (χ2n) is 6.67. The molecule has 3 amide bonds. The molecule has 0 radical (unpaired) electrons. The highest BCUT2D eigenvalue weighted by atomic mass is 16.2. The van der Waals surface area contributed by atoms with Gasteiger partial charge >= 0.3 is 6.03 Å². The lowest BCUT2D eigenvalue weighted by Gasteiger charge is -2.33. The van der Waals surface area contributed by atoms with Crippen molar-refractivity contribution < 1.29 is 9.59 Å². The zero-order valence-electron chi connectivity index (χ0n) is 14.8. The number of rotatable bonds is 6. The molecule has 1 aliphatic heterocycles. The van der Waals surface area contributed by atoms with Gasteiger partial charge in [0.15, 0.2) is 0 Å². The lowest BCUT2D eigenvalue weighted by atomic mass is 9.96. The van der Waals surface area contributed by atoms with Crippen LogP contribution in [0.15, 0.2) is 30.3 Å². The molecule has 0 aromatic heterocycles. The Labute approximate surface area is 145 Å². The summed E-state index contributed by atoms with van der Waals surface area (Å²) in [5, 5.41) is 3.05. The van der Waals surface area contributed by atoms with Gasteiger partial charge in [-0.1, -0.05) is 30.3 Å². The number of likely N-dealkylation sites (tertiary alicyclic amines) is 1. The first-order valence-electron chi connectivity index (χ1n) is 8.86. The smallest absolute Gasteiger partial charge is 0.319 e. The number of piperidine rings is 1. The number of unbranched alkanes of at least 4 members (excludes halogenated alkanes) is 1. The van der Waals surface area contributed by atoms with E-state index in [1.807, 2.05) is 11.0 Å². The number of aryl methyl sites for hydroxylation is 1. The van der Waals surface area contributed by atoms with Crippen molar-refractivity contribution in [2.45, 2.75) is 32.1 Å². The molecule has 1 heterocycles. The van der Waals surface area contributed by atoms with Crippen LogP contribution in [-0.2, 0) is 11.2 Å². The Hall–Kier alpha value is -2.04. The zero-order chi connectivity index (χ0) is 17.4. The van der Waals surface area contributed by atoms with Gasteiger partial charge in [0.2, 0.25) is 5.91 Å². The summed E-state index contributed by atoms with van der Waals surface area (Å²) in [6.07, 6.45) is 4.66. The van der Waals surface area contributed by atoms with Crippen molar-refractivity contribution in [3.63, 3.8) is 0 Å². The standard InChI is InChI=1S/C19H29N3O2/c1-21(2)19(24)22-14-11-17(12-15-22)18(23)20-13-7-6-10-16-8-4-3-5-9-16/h3-5,8-9,17H,6-7,10-15H2,1-2H3,(H,20,23). The molecular formula is C19H29N3O2. The van der Waals surface area contributed by atoms with Crippen LogP contribution in [0.1, 0.15) is 31.2 Å². The fraction of sp³-hybridized carbons (Fsp3) is 0.579. The molecule has 0 unspecified atom stereocenters. The molecule has 5 heteroatoms. The molecule has 0 saturated carbocycles. The minimum absolute atomic E-state index is 0.0368. The average Bonchev–Trinajstić information content (AvgIpc) is 2.61. The van der Waals surface area contributed by atoms with Crippen LogP contribution in [0.2, 0.25) is 0 Å². The summed E-state index contributed by atoms with van der Waals surface area (Å²) in [4.78, 5) is 27.5. The van der Waals surface area contributed by atoms with Crippen molar-refractivity contribution in [3.8, 4) is 0 Å². The molecule has 1 aromatic rings. The van der Waals surface area contributed by atoms with Gasteiger partial charge in [-0.15, -0.1) is 0 Å². The first-order chi connectivity index (χ1) is 11.6. The van der Waals surface area contributed by atoms with Gasteiger partial charge in [-0.05, 0) is 37.7 Å². The van der Waals surface area contributed by atoms with Crippen molar-refractivity contribution in [2.75, 3.05) is 33.7 Å². The van der Waals surface area contributed by atoms with Crippen molar-refractivity contribution in [2.24, 2.45) is 5.92 Å². The summed E-state index contributed by atoms with van der Waals surface area (Å²) in [6.45, 7) is 2.08. The quantitative estimate of drug-likeness (QED) is 0.815. The van der Waals surface area contributed by atoms with Crippen LogP contribution in [0.25, 0.3) is 0 Å². The molecule has 0 bridgehead atoms. The molecule has 24 heavy (non-hydrogen) atoms. The van der Waals surface area contributed by atoms with E-state index in [4.69, 9.17) is 0 Å².